The van der Waals surface area contributed by atoms with E-state index in [-0.39, 0.29) is 0 Å². The highest BCUT2D eigenvalue weighted by Gasteiger charge is 2.41. The van der Waals surface area contributed by atoms with Gasteiger partial charge in [-0.05, 0) is 57.1 Å². The van der Waals surface area contributed by atoms with E-state index >= 15 is 0 Å². The van der Waals surface area contributed by atoms with Gasteiger partial charge in [0, 0.05) is 22.0 Å². The van der Waals surface area contributed by atoms with Crippen molar-refractivity contribution in [2.45, 2.75) is 0 Å². The van der Waals surface area contributed by atoms with Gasteiger partial charge in [0.05, 0.1) is 22.1 Å². The highest BCUT2D eigenvalue weighted by Crippen LogP contribution is 2.33. The van der Waals surface area contributed by atoms with Gasteiger partial charge in [0.1, 0.15) is 0 Å². The third-order valence-corrected chi connectivity index (χ3v) is 16.1. The Morgan fingerprint density at radius 2 is 0.814 bits per heavy atom. The zero-order valence-electron chi connectivity index (χ0n) is 32.0. The van der Waals surface area contributed by atoms with Crippen molar-refractivity contribution in [1.29, 1.82) is 0 Å². The van der Waals surface area contributed by atoms with Crippen molar-refractivity contribution in [1.82, 2.24) is 29.1 Å². The van der Waals surface area contributed by atoms with Gasteiger partial charge in [0.15, 0.2) is 19.7 Å². The number of hydrogen-bond acceptors (Lipinski definition) is 4. The van der Waals surface area contributed by atoms with Gasteiger partial charge in [-0.1, -0.05) is 182 Å². The first kappa shape index (κ1) is 34.5. The minimum Gasteiger partial charge on any atom is -0.290 e. The normalized spacial score (nSPS) is 11.7. The predicted octanol–water partition coefficient (Wildman–Crippen LogP) is 9.02. The van der Waals surface area contributed by atoms with Crippen molar-refractivity contribution < 1.29 is 0 Å². The molecule has 278 valence electrons. The van der Waals surface area contributed by atoms with E-state index in [1.807, 2.05) is 36.4 Å². The molecule has 0 aliphatic rings. The summed E-state index contributed by atoms with van der Waals surface area (Å²) >= 11 is 0. The summed E-state index contributed by atoms with van der Waals surface area (Å²) in [6, 6.07) is 77.2. The van der Waals surface area contributed by atoms with E-state index in [4.69, 9.17) is 19.9 Å². The molecule has 3 heterocycles. The lowest BCUT2D eigenvalue weighted by atomic mass is 10.2. The molecule has 11 rings (SSSR count). The Morgan fingerprint density at radius 1 is 0.339 bits per heavy atom. The van der Waals surface area contributed by atoms with Gasteiger partial charge >= 0.3 is 0 Å². The summed E-state index contributed by atoms with van der Waals surface area (Å²) in [5.74, 6) is 2.21. The third kappa shape index (κ3) is 5.70. The monoisotopic (exact) mass is 772 g/mol. The van der Waals surface area contributed by atoms with Gasteiger partial charge in [-0.15, -0.1) is 0 Å². The van der Waals surface area contributed by atoms with Crippen LogP contribution in [0.25, 0.3) is 67.5 Å². The number of para-hydroxylation sites is 5. The minimum absolute atomic E-state index is 0.481. The van der Waals surface area contributed by atoms with Crippen molar-refractivity contribution in [3.8, 4) is 34.7 Å². The molecule has 0 saturated carbocycles. The van der Waals surface area contributed by atoms with Crippen LogP contribution in [-0.4, -0.2) is 37.1 Å². The standard InChI is InChI=1S/C52H36N6Si/c1-5-21-38(22-6-1)57-48-35-18-15-32-45(48)53-51(57)50-54-49(55-52(56-50)58-46-33-16-13-30-43(46)44-31-14-17-34-47(44)58)37-20-19-29-42(36-37)59(39-23-7-2-8-24-39,40-25-9-3-10-26-40)41-27-11-4-12-28-41/h1-36H. The first-order valence-electron chi connectivity index (χ1n) is 19.8. The number of nitrogens with zero attached hydrogens (tertiary/aromatic N) is 6. The maximum atomic E-state index is 5.39. The second-order valence-electron chi connectivity index (χ2n) is 14.7. The lowest BCUT2D eigenvalue weighted by molar-refractivity contribution is 0.934. The first-order valence-corrected chi connectivity index (χ1v) is 21.8. The first-order chi connectivity index (χ1) is 29.3. The fraction of sp³-hybridized carbons (Fsp3) is 0. The molecule has 0 fully saturated rings. The van der Waals surface area contributed by atoms with Crippen molar-refractivity contribution in [2.24, 2.45) is 0 Å². The number of aromatic nitrogens is 6. The summed E-state index contributed by atoms with van der Waals surface area (Å²) in [6.07, 6.45) is 0. The van der Waals surface area contributed by atoms with E-state index in [2.05, 4.69) is 191 Å². The van der Waals surface area contributed by atoms with E-state index in [1.165, 1.54) is 20.7 Å². The molecule has 0 radical (unpaired) electrons. The maximum absolute atomic E-state index is 5.39. The molecule has 0 unspecified atom stereocenters. The number of rotatable bonds is 8. The molecule has 0 atom stereocenters. The molecule has 0 saturated heterocycles. The summed E-state index contributed by atoms with van der Waals surface area (Å²) in [4.78, 5) is 21.3. The van der Waals surface area contributed by atoms with Crippen molar-refractivity contribution in [2.75, 3.05) is 0 Å². The number of fused-ring (bicyclic) bond motifs is 4. The van der Waals surface area contributed by atoms with Crippen LogP contribution in [0.5, 0.6) is 0 Å². The Kier molecular flexibility index (Phi) is 8.38. The Labute approximate surface area is 342 Å². The second kappa shape index (κ2) is 14.3. The van der Waals surface area contributed by atoms with Gasteiger partial charge in [-0.2, -0.15) is 9.97 Å². The Bertz CT molecular complexity index is 3120. The summed E-state index contributed by atoms with van der Waals surface area (Å²) in [5.41, 5.74) is 5.74. The highest BCUT2D eigenvalue weighted by molar-refractivity contribution is 7.19. The fourth-order valence-electron chi connectivity index (χ4n) is 8.80. The maximum Gasteiger partial charge on any atom is 0.238 e. The Hall–Kier alpha value is -7.74. The molecule has 11 aromatic rings. The summed E-state index contributed by atoms with van der Waals surface area (Å²) in [5, 5.41) is 7.40. The van der Waals surface area contributed by atoms with Crippen LogP contribution in [0.15, 0.2) is 218 Å². The molecular weight excluding hydrogens is 737 g/mol. The van der Waals surface area contributed by atoms with Crippen LogP contribution in [-0.2, 0) is 0 Å². The smallest absolute Gasteiger partial charge is 0.238 e. The average Bonchev–Trinajstić information content (AvgIpc) is 3.87. The summed E-state index contributed by atoms with van der Waals surface area (Å²) < 4.78 is 4.31. The largest absolute Gasteiger partial charge is 0.290 e. The Morgan fingerprint density at radius 3 is 1.41 bits per heavy atom. The Balaban J connectivity index is 1.21. The second-order valence-corrected chi connectivity index (χ2v) is 18.5. The molecule has 0 N–H and O–H groups in total. The van der Waals surface area contributed by atoms with E-state index in [0.29, 0.717) is 23.4 Å². The topological polar surface area (TPSA) is 61.4 Å². The van der Waals surface area contributed by atoms with Crippen LogP contribution in [0.1, 0.15) is 0 Å². The van der Waals surface area contributed by atoms with Crippen LogP contribution >= 0.6 is 0 Å². The van der Waals surface area contributed by atoms with Gasteiger partial charge < -0.3 is 0 Å². The molecule has 3 aromatic heterocycles. The summed E-state index contributed by atoms with van der Waals surface area (Å²) in [7, 11) is -2.85. The lowest BCUT2D eigenvalue weighted by Gasteiger charge is -2.34. The minimum atomic E-state index is -2.85. The molecule has 59 heavy (non-hydrogen) atoms. The van der Waals surface area contributed by atoms with Gasteiger partial charge in [-0.25, -0.2) is 9.97 Å². The van der Waals surface area contributed by atoms with Crippen LogP contribution in [0.2, 0.25) is 0 Å². The van der Waals surface area contributed by atoms with E-state index in [9.17, 15) is 0 Å². The zero-order chi connectivity index (χ0) is 39.2. The van der Waals surface area contributed by atoms with E-state index in [1.54, 1.807) is 0 Å². The number of hydrogen-bond donors (Lipinski definition) is 0. The molecule has 8 aromatic carbocycles. The molecule has 0 aliphatic carbocycles. The SMILES string of the molecule is c1ccc(-n2c(-c3nc(-c4cccc([Si](c5ccccc5)(c5ccccc5)c5ccccc5)c4)nc(-n4c5ccccc5c5ccccc54)n3)nc3ccccc32)cc1. The lowest BCUT2D eigenvalue weighted by Crippen LogP contribution is -2.74. The van der Waals surface area contributed by atoms with Crippen LogP contribution in [0.4, 0.5) is 0 Å². The quantitative estimate of drug-likeness (QED) is 0.114. The van der Waals surface area contributed by atoms with Crippen molar-refractivity contribution >= 4 is 61.7 Å². The van der Waals surface area contributed by atoms with Gasteiger partial charge in [0.25, 0.3) is 0 Å². The van der Waals surface area contributed by atoms with Crippen molar-refractivity contribution in [3.63, 3.8) is 0 Å². The van der Waals surface area contributed by atoms with Crippen molar-refractivity contribution in [3.05, 3.63) is 218 Å². The molecular formula is C52H36N6Si. The average molecular weight is 773 g/mol. The van der Waals surface area contributed by atoms with Crippen LogP contribution in [0, 0.1) is 0 Å². The third-order valence-electron chi connectivity index (χ3n) is 11.4. The molecule has 6 nitrogen and oxygen atoms in total. The molecule has 0 spiro atoms. The number of imidazole rings is 1. The van der Waals surface area contributed by atoms with E-state index < -0.39 is 8.07 Å². The van der Waals surface area contributed by atoms with Gasteiger partial charge in [0.2, 0.25) is 11.8 Å². The van der Waals surface area contributed by atoms with Gasteiger partial charge in [-0.3, -0.25) is 9.13 Å². The van der Waals surface area contributed by atoms with Crippen LogP contribution < -0.4 is 20.7 Å². The van der Waals surface area contributed by atoms with E-state index in [0.717, 1.165) is 44.1 Å². The molecule has 0 amide bonds. The predicted molar refractivity (Wildman–Crippen MR) is 243 cm³/mol. The zero-order valence-corrected chi connectivity index (χ0v) is 33.0. The highest BCUT2D eigenvalue weighted by atomic mass is 28.3. The molecule has 0 aliphatic heterocycles. The number of benzene rings is 8. The molecule has 0 bridgehead atoms. The fourth-order valence-corrected chi connectivity index (χ4v) is 13.6. The summed E-state index contributed by atoms with van der Waals surface area (Å²) in [6.45, 7) is 0. The van der Waals surface area contributed by atoms with Crippen LogP contribution in [0.3, 0.4) is 0 Å². The molecule has 7 heteroatoms.